The average molecular weight is 367 g/mol. The molecule has 2 atom stereocenters. The highest BCUT2D eigenvalue weighted by Crippen LogP contribution is 2.22. The van der Waals surface area contributed by atoms with Crippen molar-refractivity contribution in [2.45, 2.75) is 25.0 Å². The molecular weight excluding hydrogens is 349 g/mol. The Morgan fingerprint density at radius 1 is 1.15 bits per heavy atom. The summed E-state index contributed by atoms with van der Waals surface area (Å²) >= 11 is 0. The molecule has 7 heteroatoms. The number of nitrogens with zero attached hydrogens (tertiary/aromatic N) is 2. The molecule has 0 saturated carbocycles. The highest BCUT2D eigenvalue weighted by molar-refractivity contribution is 6.04. The molecule has 0 aliphatic carbocycles. The Balaban J connectivity index is 1.35. The van der Waals surface area contributed by atoms with Crippen molar-refractivity contribution >= 4 is 23.2 Å². The molecular formula is C20H18FN3O3. The standard InChI is InChI=1S/C20H18FN3O3/c21-14-6-4-5-13(9-14)17-11-18(27-23-17)20(26)22-15-10-19(25)24(12-15)16-7-2-1-3-8-16/h1-9,15,18H,10-12H2,(H,22,26)/t15-,18+/m1/s1. The number of nitrogens with one attached hydrogen (secondary N) is 1. The fourth-order valence-electron chi connectivity index (χ4n) is 3.31. The molecule has 4 rings (SSSR count). The minimum Gasteiger partial charge on any atom is -0.382 e. The quantitative estimate of drug-likeness (QED) is 0.901. The molecule has 0 unspecified atom stereocenters. The first-order valence-corrected chi connectivity index (χ1v) is 8.74. The van der Waals surface area contributed by atoms with Crippen molar-refractivity contribution in [1.29, 1.82) is 0 Å². The van der Waals surface area contributed by atoms with E-state index in [9.17, 15) is 14.0 Å². The smallest absolute Gasteiger partial charge is 0.264 e. The van der Waals surface area contributed by atoms with Crippen molar-refractivity contribution < 1.29 is 18.8 Å². The van der Waals surface area contributed by atoms with Crippen molar-refractivity contribution in [1.82, 2.24) is 5.32 Å². The number of hydrogen-bond donors (Lipinski definition) is 1. The number of hydrogen-bond acceptors (Lipinski definition) is 4. The van der Waals surface area contributed by atoms with Crippen LogP contribution in [-0.4, -0.2) is 36.2 Å². The Labute approximate surface area is 155 Å². The lowest BCUT2D eigenvalue weighted by atomic mass is 10.0. The van der Waals surface area contributed by atoms with Gasteiger partial charge in [0.15, 0.2) is 0 Å². The number of carbonyl (C=O) groups excluding carboxylic acids is 2. The Kier molecular flexibility index (Phi) is 4.58. The van der Waals surface area contributed by atoms with Gasteiger partial charge >= 0.3 is 0 Å². The van der Waals surface area contributed by atoms with Crippen LogP contribution in [0.4, 0.5) is 10.1 Å². The minimum atomic E-state index is -0.774. The van der Waals surface area contributed by atoms with Crippen LogP contribution in [0.3, 0.4) is 0 Å². The Morgan fingerprint density at radius 2 is 1.96 bits per heavy atom. The van der Waals surface area contributed by atoms with Crippen molar-refractivity contribution in [3.8, 4) is 0 Å². The average Bonchev–Trinajstić information content (AvgIpc) is 3.29. The molecule has 1 N–H and O–H groups in total. The zero-order valence-corrected chi connectivity index (χ0v) is 14.5. The number of rotatable bonds is 4. The van der Waals surface area contributed by atoms with E-state index in [1.165, 1.54) is 12.1 Å². The lowest BCUT2D eigenvalue weighted by Gasteiger charge is -2.18. The summed E-state index contributed by atoms with van der Waals surface area (Å²) < 4.78 is 13.3. The van der Waals surface area contributed by atoms with Gasteiger partial charge in [-0.15, -0.1) is 0 Å². The molecule has 0 aromatic heterocycles. The fourth-order valence-corrected chi connectivity index (χ4v) is 3.31. The molecule has 0 bridgehead atoms. The number of para-hydroxylation sites is 1. The van der Waals surface area contributed by atoms with Gasteiger partial charge < -0.3 is 15.1 Å². The summed E-state index contributed by atoms with van der Waals surface area (Å²) in [4.78, 5) is 31.6. The Bertz CT molecular complexity index is 900. The van der Waals surface area contributed by atoms with E-state index in [0.29, 0.717) is 17.8 Å². The molecule has 138 valence electrons. The van der Waals surface area contributed by atoms with Crippen LogP contribution in [0.15, 0.2) is 59.8 Å². The van der Waals surface area contributed by atoms with Gasteiger partial charge in [-0.1, -0.05) is 35.5 Å². The molecule has 2 aliphatic rings. The monoisotopic (exact) mass is 367 g/mol. The number of carbonyl (C=O) groups is 2. The van der Waals surface area contributed by atoms with E-state index < -0.39 is 6.10 Å². The second kappa shape index (κ2) is 7.19. The number of amides is 2. The van der Waals surface area contributed by atoms with Crippen molar-refractivity contribution in [2.24, 2.45) is 5.16 Å². The molecule has 2 aromatic carbocycles. The van der Waals surface area contributed by atoms with E-state index in [4.69, 9.17) is 4.84 Å². The summed E-state index contributed by atoms with van der Waals surface area (Å²) in [5.41, 5.74) is 1.94. The molecule has 2 aromatic rings. The first kappa shape index (κ1) is 17.2. The molecule has 2 amide bonds. The molecule has 1 fully saturated rings. The summed E-state index contributed by atoms with van der Waals surface area (Å²) in [6, 6.07) is 15.1. The summed E-state index contributed by atoms with van der Waals surface area (Å²) in [6.45, 7) is 0.416. The summed E-state index contributed by atoms with van der Waals surface area (Å²) in [6.07, 6.45) is -0.271. The second-order valence-electron chi connectivity index (χ2n) is 6.60. The number of anilines is 1. The Morgan fingerprint density at radius 3 is 2.74 bits per heavy atom. The van der Waals surface area contributed by atoms with Crippen molar-refractivity contribution in [2.75, 3.05) is 11.4 Å². The number of oxime groups is 1. The van der Waals surface area contributed by atoms with Crippen LogP contribution in [0.5, 0.6) is 0 Å². The van der Waals surface area contributed by atoms with Gasteiger partial charge in [0.05, 0.1) is 11.8 Å². The van der Waals surface area contributed by atoms with E-state index in [1.54, 1.807) is 17.0 Å². The minimum absolute atomic E-state index is 0.0319. The molecule has 1 saturated heterocycles. The summed E-state index contributed by atoms with van der Waals surface area (Å²) in [7, 11) is 0. The molecule has 6 nitrogen and oxygen atoms in total. The van der Waals surface area contributed by atoms with Crippen LogP contribution in [0, 0.1) is 5.82 Å². The zero-order valence-electron chi connectivity index (χ0n) is 14.5. The molecule has 0 spiro atoms. The molecule has 27 heavy (non-hydrogen) atoms. The van der Waals surface area contributed by atoms with E-state index in [-0.39, 0.29) is 36.5 Å². The maximum Gasteiger partial charge on any atom is 0.264 e. The van der Waals surface area contributed by atoms with Crippen molar-refractivity contribution in [3.05, 3.63) is 66.0 Å². The van der Waals surface area contributed by atoms with Crippen LogP contribution >= 0.6 is 0 Å². The molecule has 0 radical (unpaired) electrons. The maximum atomic E-state index is 13.3. The van der Waals surface area contributed by atoms with Crippen LogP contribution in [-0.2, 0) is 14.4 Å². The number of benzene rings is 2. The van der Waals surface area contributed by atoms with Crippen LogP contribution < -0.4 is 10.2 Å². The predicted octanol–water partition coefficient (Wildman–Crippen LogP) is 2.24. The van der Waals surface area contributed by atoms with E-state index in [1.807, 2.05) is 30.3 Å². The van der Waals surface area contributed by atoms with Gasteiger partial charge in [0, 0.05) is 30.6 Å². The topological polar surface area (TPSA) is 71.0 Å². The fraction of sp³-hybridized carbons (Fsp3) is 0.250. The van der Waals surface area contributed by atoms with E-state index in [2.05, 4.69) is 10.5 Å². The first-order valence-electron chi connectivity index (χ1n) is 8.74. The lowest BCUT2D eigenvalue weighted by Crippen LogP contribution is -2.42. The first-order chi connectivity index (χ1) is 13.1. The zero-order chi connectivity index (χ0) is 18.8. The SMILES string of the molecule is O=C(N[C@@H]1CC(=O)N(c2ccccc2)C1)[C@@H]1CC(c2cccc(F)c2)=NO1. The summed E-state index contributed by atoms with van der Waals surface area (Å²) in [5.74, 6) is -0.720. The summed E-state index contributed by atoms with van der Waals surface area (Å²) in [5, 5.41) is 6.77. The van der Waals surface area contributed by atoms with Crippen LogP contribution in [0.1, 0.15) is 18.4 Å². The highest BCUT2D eigenvalue weighted by Gasteiger charge is 2.35. The van der Waals surface area contributed by atoms with Gasteiger partial charge in [-0.25, -0.2) is 4.39 Å². The lowest BCUT2D eigenvalue weighted by molar-refractivity contribution is -0.131. The maximum absolute atomic E-state index is 13.3. The Hall–Kier alpha value is -3.22. The van der Waals surface area contributed by atoms with E-state index in [0.717, 1.165) is 5.69 Å². The van der Waals surface area contributed by atoms with E-state index >= 15 is 0 Å². The predicted molar refractivity (Wildman–Crippen MR) is 97.8 cm³/mol. The van der Waals surface area contributed by atoms with Gasteiger partial charge in [-0.05, 0) is 24.3 Å². The van der Waals surface area contributed by atoms with Gasteiger partial charge in [0.25, 0.3) is 5.91 Å². The normalized spacial score (nSPS) is 21.7. The van der Waals surface area contributed by atoms with Gasteiger partial charge in [0.2, 0.25) is 12.0 Å². The second-order valence-corrected chi connectivity index (χ2v) is 6.60. The van der Waals surface area contributed by atoms with Crippen LogP contribution in [0.25, 0.3) is 0 Å². The largest absolute Gasteiger partial charge is 0.382 e. The third-order valence-corrected chi connectivity index (χ3v) is 4.66. The molecule has 2 aliphatic heterocycles. The number of halogens is 1. The van der Waals surface area contributed by atoms with Gasteiger partial charge in [0.1, 0.15) is 5.82 Å². The third-order valence-electron chi connectivity index (χ3n) is 4.66. The molecule has 2 heterocycles. The van der Waals surface area contributed by atoms with Gasteiger partial charge in [-0.2, -0.15) is 0 Å². The third kappa shape index (κ3) is 3.67. The van der Waals surface area contributed by atoms with Crippen LogP contribution in [0.2, 0.25) is 0 Å². The highest BCUT2D eigenvalue weighted by atomic mass is 19.1. The van der Waals surface area contributed by atoms with Gasteiger partial charge in [-0.3, -0.25) is 9.59 Å². The van der Waals surface area contributed by atoms with Crippen molar-refractivity contribution in [3.63, 3.8) is 0 Å².